The van der Waals surface area contributed by atoms with Crippen molar-refractivity contribution in [3.63, 3.8) is 0 Å². The number of nitrogens with zero attached hydrogens (tertiary/aromatic N) is 1. The Morgan fingerprint density at radius 3 is 2.52 bits per heavy atom. The Kier molecular flexibility index (Phi) is 5.05. The molecule has 0 fully saturated rings. The first-order valence-electron chi connectivity index (χ1n) is 7.22. The van der Waals surface area contributed by atoms with E-state index in [0.29, 0.717) is 6.42 Å². The van der Waals surface area contributed by atoms with Crippen LogP contribution in [-0.2, 0) is 17.6 Å². The summed E-state index contributed by atoms with van der Waals surface area (Å²) in [5.41, 5.74) is 2.14. The first kappa shape index (κ1) is 15.7. The van der Waals surface area contributed by atoms with Gasteiger partial charge in [0.25, 0.3) is 0 Å². The van der Waals surface area contributed by atoms with Gasteiger partial charge in [0, 0.05) is 11.4 Å². The summed E-state index contributed by atoms with van der Waals surface area (Å²) in [6.45, 7) is 0. The fourth-order valence-electron chi connectivity index (χ4n) is 2.19. The first-order valence-corrected chi connectivity index (χ1v) is 8.41. The molecule has 0 aliphatic heterocycles. The van der Waals surface area contributed by atoms with Crippen LogP contribution in [0.1, 0.15) is 16.1 Å². The zero-order valence-electron chi connectivity index (χ0n) is 12.3. The van der Waals surface area contributed by atoms with Crippen molar-refractivity contribution in [2.75, 3.05) is 5.32 Å². The molecule has 0 bridgehead atoms. The van der Waals surface area contributed by atoms with Gasteiger partial charge in [-0.05, 0) is 23.3 Å². The Bertz CT molecular complexity index is 784. The van der Waals surface area contributed by atoms with E-state index in [4.69, 9.17) is 11.6 Å². The minimum atomic E-state index is -0.0297. The molecule has 3 rings (SSSR count). The lowest BCUT2D eigenvalue weighted by molar-refractivity contribution is -0.115. The Hall–Kier alpha value is -2.17. The van der Waals surface area contributed by atoms with Crippen LogP contribution in [0.4, 0.5) is 5.00 Å². The number of aromatic nitrogens is 1. The molecule has 3 aromatic rings. The molecule has 0 aliphatic rings. The topological polar surface area (TPSA) is 42.0 Å². The molecule has 0 atom stereocenters. The number of nitrogens with one attached hydrogen (secondary N) is 1. The van der Waals surface area contributed by atoms with E-state index in [-0.39, 0.29) is 5.91 Å². The van der Waals surface area contributed by atoms with Gasteiger partial charge in [-0.2, -0.15) is 0 Å². The first-order chi connectivity index (χ1) is 11.2. The molecular weight excluding hydrogens is 328 g/mol. The van der Waals surface area contributed by atoms with Crippen molar-refractivity contribution in [1.82, 2.24) is 4.98 Å². The van der Waals surface area contributed by atoms with Crippen molar-refractivity contribution in [3.05, 3.63) is 82.0 Å². The molecule has 0 unspecified atom stereocenters. The van der Waals surface area contributed by atoms with E-state index in [2.05, 4.69) is 10.3 Å². The van der Waals surface area contributed by atoms with Gasteiger partial charge in [0.05, 0.1) is 17.6 Å². The van der Waals surface area contributed by atoms with Crippen molar-refractivity contribution in [2.45, 2.75) is 12.8 Å². The number of amides is 1. The van der Waals surface area contributed by atoms with Crippen molar-refractivity contribution >= 4 is 33.8 Å². The highest BCUT2D eigenvalue weighted by molar-refractivity contribution is 7.15. The maximum Gasteiger partial charge on any atom is 0.229 e. The molecule has 0 spiro atoms. The molecule has 23 heavy (non-hydrogen) atoms. The third-order valence-electron chi connectivity index (χ3n) is 3.29. The summed E-state index contributed by atoms with van der Waals surface area (Å²) in [7, 11) is 0. The van der Waals surface area contributed by atoms with Crippen LogP contribution >= 0.6 is 22.9 Å². The summed E-state index contributed by atoms with van der Waals surface area (Å²) in [5.74, 6) is -0.0297. The number of thiazole rings is 1. The van der Waals surface area contributed by atoms with Crippen LogP contribution in [0.15, 0.2) is 60.8 Å². The van der Waals surface area contributed by atoms with Gasteiger partial charge in [0.1, 0.15) is 5.00 Å². The number of carbonyl (C=O) groups excluding carboxylic acids is 1. The summed E-state index contributed by atoms with van der Waals surface area (Å²) < 4.78 is 0. The van der Waals surface area contributed by atoms with Crippen molar-refractivity contribution < 1.29 is 4.79 Å². The van der Waals surface area contributed by atoms with Gasteiger partial charge < -0.3 is 5.32 Å². The number of rotatable bonds is 5. The maximum atomic E-state index is 12.0. The SMILES string of the molecule is O=C(Cc1ccccc1)Nc1cnc(Cc2ccc(Cl)cc2)s1. The Morgan fingerprint density at radius 2 is 1.78 bits per heavy atom. The average molecular weight is 343 g/mol. The van der Waals surface area contributed by atoms with Crippen LogP contribution in [0.5, 0.6) is 0 Å². The number of benzene rings is 2. The predicted octanol–water partition coefficient (Wildman–Crippen LogP) is 4.57. The number of halogens is 1. The Balaban J connectivity index is 1.58. The standard InChI is InChI=1S/C18H15ClN2OS/c19-15-8-6-14(7-9-15)11-17-20-12-18(23-17)21-16(22)10-13-4-2-1-3-5-13/h1-9,12H,10-11H2,(H,21,22). The van der Waals surface area contributed by atoms with Crippen molar-refractivity contribution in [2.24, 2.45) is 0 Å². The summed E-state index contributed by atoms with van der Waals surface area (Å²) in [5, 5.41) is 5.36. The van der Waals surface area contributed by atoms with E-state index in [9.17, 15) is 4.79 Å². The van der Waals surface area contributed by atoms with Gasteiger partial charge in [-0.15, -0.1) is 11.3 Å². The minimum absolute atomic E-state index is 0.0297. The molecule has 1 aromatic heterocycles. The largest absolute Gasteiger partial charge is 0.316 e. The van der Waals surface area contributed by atoms with E-state index in [0.717, 1.165) is 32.6 Å². The number of anilines is 1. The molecule has 0 aliphatic carbocycles. The molecule has 0 radical (unpaired) electrons. The van der Waals surface area contributed by atoms with Gasteiger partial charge in [0.2, 0.25) is 5.91 Å². The Labute approximate surface area is 144 Å². The summed E-state index contributed by atoms with van der Waals surface area (Å²) in [6, 6.07) is 17.4. The van der Waals surface area contributed by atoms with Crippen molar-refractivity contribution in [3.8, 4) is 0 Å². The third-order valence-corrected chi connectivity index (χ3v) is 4.46. The number of carbonyl (C=O) groups is 1. The molecule has 116 valence electrons. The fourth-order valence-corrected chi connectivity index (χ4v) is 3.18. The van der Waals surface area contributed by atoms with Crippen LogP contribution in [0.3, 0.4) is 0 Å². The molecular formula is C18H15ClN2OS. The molecule has 0 saturated carbocycles. The van der Waals surface area contributed by atoms with E-state index in [1.165, 1.54) is 11.3 Å². The Morgan fingerprint density at radius 1 is 1.04 bits per heavy atom. The third kappa shape index (κ3) is 4.65. The van der Waals surface area contributed by atoms with E-state index >= 15 is 0 Å². The van der Waals surface area contributed by atoms with Crippen LogP contribution in [0.25, 0.3) is 0 Å². The van der Waals surface area contributed by atoms with E-state index < -0.39 is 0 Å². The summed E-state index contributed by atoms with van der Waals surface area (Å²) in [4.78, 5) is 16.4. The second-order valence-corrected chi connectivity index (χ2v) is 6.68. The van der Waals surface area contributed by atoms with Crippen LogP contribution < -0.4 is 5.32 Å². The zero-order chi connectivity index (χ0) is 16.1. The number of hydrogen-bond acceptors (Lipinski definition) is 3. The highest BCUT2D eigenvalue weighted by Crippen LogP contribution is 2.22. The molecule has 0 saturated heterocycles. The molecule has 5 heteroatoms. The van der Waals surface area contributed by atoms with E-state index in [1.54, 1.807) is 6.20 Å². The molecule has 1 N–H and O–H groups in total. The molecule has 3 nitrogen and oxygen atoms in total. The quantitative estimate of drug-likeness (QED) is 0.738. The highest BCUT2D eigenvalue weighted by Gasteiger charge is 2.08. The zero-order valence-corrected chi connectivity index (χ0v) is 13.9. The van der Waals surface area contributed by atoms with Crippen LogP contribution in [-0.4, -0.2) is 10.9 Å². The molecule has 1 amide bonds. The van der Waals surface area contributed by atoms with Gasteiger partial charge >= 0.3 is 0 Å². The highest BCUT2D eigenvalue weighted by atomic mass is 35.5. The predicted molar refractivity (Wildman–Crippen MR) is 95.1 cm³/mol. The maximum absolute atomic E-state index is 12.0. The lowest BCUT2D eigenvalue weighted by atomic mass is 10.1. The molecule has 1 heterocycles. The van der Waals surface area contributed by atoms with Gasteiger partial charge in [-0.3, -0.25) is 4.79 Å². The van der Waals surface area contributed by atoms with Gasteiger partial charge in [-0.25, -0.2) is 4.98 Å². The minimum Gasteiger partial charge on any atom is -0.316 e. The number of hydrogen-bond donors (Lipinski definition) is 1. The second-order valence-electron chi connectivity index (χ2n) is 5.13. The average Bonchev–Trinajstić information content (AvgIpc) is 2.97. The lowest BCUT2D eigenvalue weighted by Crippen LogP contribution is -2.13. The van der Waals surface area contributed by atoms with Crippen molar-refractivity contribution in [1.29, 1.82) is 0 Å². The summed E-state index contributed by atoms with van der Waals surface area (Å²) in [6.07, 6.45) is 2.81. The fraction of sp³-hybridized carbons (Fsp3) is 0.111. The van der Waals surface area contributed by atoms with Crippen LogP contribution in [0.2, 0.25) is 5.02 Å². The smallest absolute Gasteiger partial charge is 0.229 e. The second kappa shape index (κ2) is 7.40. The molecule has 2 aromatic carbocycles. The lowest BCUT2D eigenvalue weighted by Gasteiger charge is -2.02. The van der Waals surface area contributed by atoms with Gasteiger partial charge in [-0.1, -0.05) is 54.1 Å². The van der Waals surface area contributed by atoms with E-state index in [1.807, 2.05) is 54.6 Å². The normalized spacial score (nSPS) is 10.5. The van der Waals surface area contributed by atoms with Gasteiger partial charge in [0.15, 0.2) is 0 Å². The monoisotopic (exact) mass is 342 g/mol. The van der Waals surface area contributed by atoms with Crippen LogP contribution in [0, 0.1) is 0 Å². The summed E-state index contributed by atoms with van der Waals surface area (Å²) >= 11 is 7.38.